The van der Waals surface area contributed by atoms with E-state index < -0.39 is 5.60 Å². The Labute approximate surface area is 142 Å². The minimum Gasteiger partial charge on any atom is -0.456 e. The zero-order chi connectivity index (χ0) is 16.9. The summed E-state index contributed by atoms with van der Waals surface area (Å²) in [7, 11) is 0. The van der Waals surface area contributed by atoms with E-state index in [1.807, 2.05) is 50.7 Å². The number of rotatable bonds is 3. The van der Waals surface area contributed by atoms with Crippen LogP contribution in [-0.4, -0.2) is 47.0 Å². The number of nitrogens with zero attached hydrogens (tertiary/aromatic N) is 2. The molecule has 1 saturated heterocycles. The normalized spacial score (nSPS) is 16.3. The van der Waals surface area contributed by atoms with Crippen LogP contribution in [0, 0.1) is 0 Å². The van der Waals surface area contributed by atoms with Gasteiger partial charge in [-0.3, -0.25) is 0 Å². The van der Waals surface area contributed by atoms with Gasteiger partial charge in [-0.05, 0) is 38.5 Å². The fraction of sp³-hybridized carbons (Fsp3) is 0.529. The molecule has 0 radical (unpaired) electrons. The molecule has 126 valence electrons. The van der Waals surface area contributed by atoms with E-state index in [2.05, 4.69) is 9.89 Å². The largest absolute Gasteiger partial charge is 0.456 e. The predicted molar refractivity (Wildman–Crippen MR) is 95.8 cm³/mol. The number of esters is 1. The summed E-state index contributed by atoms with van der Waals surface area (Å²) >= 11 is 1.94. The summed E-state index contributed by atoms with van der Waals surface area (Å²) in [6.07, 6.45) is 0. The fourth-order valence-corrected chi connectivity index (χ4v) is 3.10. The number of carbonyl (C=O) groups is 1. The van der Waals surface area contributed by atoms with Gasteiger partial charge in [0.2, 0.25) is 0 Å². The minimum atomic E-state index is -0.498. The highest BCUT2D eigenvalue weighted by Gasteiger charge is 2.18. The maximum absolute atomic E-state index is 12.1. The minimum absolute atomic E-state index is 0.315. The first-order chi connectivity index (χ1) is 10.8. The summed E-state index contributed by atoms with van der Waals surface area (Å²) in [5, 5.41) is 0. The van der Waals surface area contributed by atoms with E-state index in [4.69, 9.17) is 10.5 Å². The Morgan fingerprint density at radius 1 is 1.35 bits per heavy atom. The molecule has 2 rings (SSSR count). The summed E-state index contributed by atoms with van der Waals surface area (Å²) in [6, 6.07) is 7.36. The Bertz CT molecular complexity index is 575. The lowest BCUT2D eigenvalue weighted by atomic mass is 10.1. The maximum Gasteiger partial charge on any atom is 0.338 e. The SMILES string of the molecule is CC(C)(C)OC(=O)c1cccc(CN=C(N)N2CCSCC2)c1. The molecular weight excluding hydrogens is 310 g/mol. The lowest BCUT2D eigenvalue weighted by Gasteiger charge is -2.27. The van der Waals surface area contributed by atoms with Gasteiger partial charge in [0, 0.05) is 24.6 Å². The zero-order valence-electron chi connectivity index (χ0n) is 14.0. The standard InChI is InChI=1S/C17H25N3O2S/c1-17(2,3)22-15(21)14-6-4-5-13(11-14)12-19-16(18)20-7-9-23-10-8-20/h4-6,11H,7-10,12H2,1-3H3,(H2,18,19). The second-order valence-corrected chi connectivity index (χ2v) is 7.70. The molecule has 0 saturated carbocycles. The quantitative estimate of drug-likeness (QED) is 0.522. The zero-order valence-corrected chi connectivity index (χ0v) is 14.9. The van der Waals surface area contributed by atoms with Gasteiger partial charge in [0.15, 0.2) is 5.96 Å². The highest BCUT2D eigenvalue weighted by atomic mass is 32.2. The Hall–Kier alpha value is -1.69. The molecule has 1 aromatic rings. The molecule has 1 heterocycles. The van der Waals surface area contributed by atoms with Gasteiger partial charge in [-0.25, -0.2) is 9.79 Å². The van der Waals surface area contributed by atoms with Gasteiger partial charge < -0.3 is 15.4 Å². The average Bonchev–Trinajstić information content (AvgIpc) is 2.52. The molecule has 23 heavy (non-hydrogen) atoms. The Morgan fingerprint density at radius 3 is 2.70 bits per heavy atom. The van der Waals surface area contributed by atoms with Crippen LogP contribution in [0.5, 0.6) is 0 Å². The third-order valence-electron chi connectivity index (χ3n) is 3.32. The van der Waals surface area contributed by atoms with E-state index in [9.17, 15) is 4.79 Å². The first-order valence-corrected chi connectivity index (χ1v) is 8.95. The van der Waals surface area contributed by atoms with Gasteiger partial charge in [-0.1, -0.05) is 12.1 Å². The molecule has 2 N–H and O–H groups in total. The van der Waals surface area contributed by atoms with Gasteiger partial charge in [-0.2, -0.15) is 11.8 Å². The van der Waals surface area contributed by atoms with Crippen molar-refractivity contribution in [3.8, 4) is 0 Å². The van der Waals surface area contributed by atoms with Crippen molar-refractivity contribution in [1.29, 1.82) is 0 Å². The topological polar surface area (TPSA) is 67.9 Å². The number of hydrogen-bond acceptors (Lipinski definition) is 4. The van der Waals surface area contributed by atoms with Crippen LogP contribution in [0.25, 0.3) is 0 Å². The molecule has 6 heteroatoms. The molecule has 0 bridgehead atoms. The third kappa shape index (κ3) is 5.78. The molecule has 1 aromatic carbocycles. The van der Waals surface area contributed by atoms with E-state index >= 15 is 0 Å². The summed E-state index contributed by atoms with van der Waals surface area (Å²) in [4.78, 5) is 18.7. The lowest BCUT2D eigenvalue weighted by molar-refractivity contribution is 0.00694. The number of thioether (sulfide) groups is 1. The maximum atomic E-state index is 12.1. The summed E-state index contributed by atoms with van der Waals surface area (Å²) < 4.78 is 5.39. The van der Waals surface area contributed by atoms with Crippen LogP contribution in [0.3, 0.4) is 0 Å². The Morgan fingerprint density at radius 2 is 2.04 bits per heavy atom. The number of hydrogen-bond donors (Lipinski definition) is 1. The molecular formula is C17H25N3O2S. The third-order valence-corrected chi connectivity index (χ3v) is 4.26. The number of nitrogens with two attached hydrogens (primary N) is 1. The smallest absolute Gasteiger partial charge is 0.338 e. The lowest BCUT2D eigenvalue weighted by Crippen LogP contribution is -2.42. The number of carbonyl (C=O) groups excluding carboxylic acids is 1. The monoisotopic (exact) mass is 335 g/mol. The number of ether oxygens (including phenoxy) is 1. The highest BCUT2D eigenvalue weighted by molar-refractivity contribution is 7.99. The summed E-state index contributed by atoms with van der Waals surface area (Å²) in [5.41, 5.74) is 7.04. The van der Waals surface area contributed by atoms with Gasteiger partial charge in [-0.15, -0.1) is 0 Å². The van der Waals surface area contributed by atoms with Crippen molar-refractivity contribution in [2.24, 2.45) is 10.7 Å². The molecule has 0 unspecified atom stereocenters. The Balaban J connectivity index is 2.00. The first kappa shape index (κ1) is 17.7. The molecule has 1 fully saturated rings. The summed E-state index contributed by atoms with van der Waals surface area (Å²) in [6.45, 7) is 7.92. The van der Waals surface area contributed by atoms with Crippen molar-refractivity contribution in [2.45, 2.75) is 32.9 Å². The van der Waals surface area contributed by atoms with Crippen LogP contribution < -0.4 is 5.73 Å². The second-order valence-electron chi connectivity index (χ2n) is 6.48. The van der Waals surface area contributed by atoms with Crippen LogP contribution in [0.1, 0.15) is 36.7 Å². The molecule has 0 amide bonds. The second kappa shape index (κ2) is 7.73. The van der Waals surface area contributed by atoms with Crippen molar-refractivity contribution in [1.82, 2.24) is 4.90 Å². The van der Waals surface area contributed by atoms with Crippen molar-refractivity contribution in [3.05, 3.63) is 35.4 Å². The van der Waals surface area contributed by atoms with Crippen molar-refractivity contribution >= 4 is 23.7 Å². The van der Waals surface area contributed by atoms with Crippen molar-refractivity contribution in [2.75, 3.05) is 24.6 Å². The van der Waals surface area contributed by atoms with E-state index in [-0.39, 0.29) is 5.97 Å². The van der Waals surface area contributed by atoms with Crippen molar-refractivity contribution < 1.29 is 9.53 Å². The van der Waals surface area contributed by atoms with E-state index in [0.29, 0.717) is 18.1 Å². The van der Waals surface area contributed by atoms with Crippen LogP contribution in [0.2, 0.25) is 0 Å². The summed E-state index contributed by atoms with van der Waals surface area (Å²) in [5.74, 6) is 2.44. The van der Waals surface area contributed by atoms with Crippen molar-refractivity contribution in [3.63, 3.8) is 0 Å². The van der Waals surface area contributed by atoms with E-state index in [1.165, 1.54) is 0 Å². The molecule has 0 aliphatic carbocycles. The number of guanidine groups is 1. The Kier molecular flexibility index (Phi) is 5.93. The molecule has 0 aromatic heterocycles. The highest BCUT2D eigenvalue weighted by Crippen LogP contribution is 2.14. The van der Waals surface area contributed by atoms with E-state index in [0.717, 1.165) is 30.2 Å². The van der Waals surface area contributed by atoms with Crippen LogP contribution in [0.4, 0.5) is 0 Å². The molecule has 0 spiro atoms. The molecule has 5 nitrogen and oxygen atoms in total. The van der Waals surface area contributed by atoms with Gasteiger partial charge >= 0.3 is 5.97 Å². The predicted octanol–water partition coefficient (Wildman–Crippen LogP) is 2.51. The van der Waals surface area contributed by atoms with Crippen LogP contribution in [-0.2, 0) is 11.3 Å². The molecule has 0 atom stereocenters. The molecule has 1 aliphatic heterocycles. The average molecular weight is 335 g/mol. The first-order valence-electron chi connectivity index (χ1n) is 7.80. The van der Waals surface area contributed by atoms with E-state index in [1.54, 1.807) is 6.07 Å². The van der Waals surface area contributed by atoms with Crippen LogP contribution >= 0.6 is 11.8 Å². The van der Waals surface area contributed by atoms with Gasteiger partial charge in [0.1, 0.15) is 5.60 Å². The fourth-order valence-electron chi connectivity index (χ4n) is 2.20. The molecule has 1 aliphatic rings. The van der Waals surface area contributed by atoms with Gasteiger partial charge in [0.25, 0.3) is 0 Å². The van der Waals surface area contributed by atoms with Gasteiger partial charge in [0.05, 0.1) is 12.1 Å². The van der Waals surface area contributed by atoms with Crippen LogP contribution in [0.15, 0.2) is 29.3 Å². The number of aliphatic imine (C=N–C) groups is 1. The number of benzene rings is 1.